The molecule has 0 spiro atoms. The quantitative estimate of drug-likeness (QED) is 0.797. The molecule has 23 heavy (non-hydrogen) atoms. The van der Waals surface area contributed by atoms with Crippen molar-refractivity contribution >= 4 is 11.8 Å². The van der Waals surface area contributed by atoms with E-state index in [1.165, 1.54) is 0 Å². The summed E-state index contributed by atoms with van der Waals surface area (Å²) in [6.45, 7) is 3.38. The second-order valence-corrected chi connectivity index (χ2v) is 5.28. The zero-order valence-corrected chi connectivity index (χ0v) is 13.8. The number of aryl methyl sites for hydroxylation is 1. The van der Waals surface area contributed by atoms with Crippen molar-refractivity contribution in [2.45, 2.75) is 25.9 Å². The minimum atomic E-state index is -0.217. The van der Waals surface area contributed by atoms with E-state index in [-0.39, 0.29) is 12.1 Å². The molecule has 0 aliphatic carbocycles. The second-order valence-electron chi connectivity index (χ2n) is 5.28. The highest BCUT2D eigenvalue weighted by atomic mass is 16.5. The molecule has 7 heteroatoms. The van der Waals surface area contributed by atoms with Crippen LogP contribution in [0.2, 0.25) is 0 Å². The number of carbonyl (C=O) groups excluding carboxylic acids is 1. The van der Waals surface area contributed by atoms with E-state index >= 15 is 0 Å². The van der Waals surface area contributed by atoms with Gasteiger partial charge in [0.25, 0.3) is 0 Å². The van der Waals surface area contributed by atoms with Gasteiger partial charge >= 0.3 is 6.03 Å². The Morgan fingerprint density at radius 3 is 2.96 bits per heavy atom. The third-order valence-corrected chi connectivity index (χ3v) is 3.63. The SMILES string of the molecule is COCCCn1ccc(NC(=O)N(C)[C@@H](C)c2ccccn2)n1. The molecule has 0 aliphatic heterocycles. The van der Waals surface area contributed by atoms with Crippen LogP contribution in [0.3, 0.4) is 0 Å². The van der Waals surface area contributed by atoms with E-state index in [1.54, 1.807) is 36.0 Å². The summed E-state index contributed by atoms with van der Waals surface area (Å²) >= 11 is 0. The predicted octanol–water partition coefficient (Wildman–Crippen LogP) is 2.54. The molecule has 1 atom stereocenters. The number of hydrogen-bond donors (Lipinski definition) is 1. The number of hydrogen-bond acceptors (Lipinski definition) is 4. The Bertz CT molecular complexity index is 614. The molecule has 0 radical (unpaired) electrons. The summed E-state index contributed by atoms with van der Waals surface area (Å²) in [5, 5.41) is 7.12. The number of carbonyl (C=O) groups is 1. The number of rotatable bonds is 7. The maximum absolute atomic E-state index is 12.3. The van der Waals surface area contributed by atoms with Gasteiger partial charge in [-0.15, -0.1) is 0 Å². The number of aromatic nitrogens is 3. The molecule has 0 aliphatic rings. The highest BCUT2D eigenvalue weighted by molar-refractivity contribution is 5.88. The van der Waals surface area contributed by atoms with Crippen LogP contribution in [-0.4, -0.2) is 46.5 Å². The molecule has 0 saturated carbocycles. The van der Waals surface area contributed by atoms with Crippen LogP contribution in [0.1, 0.15) is 25.1 Å². The topological polar surface area (TPSA) is 72.3 Å². The predicted molar refractivity (Wildman–Crippen MR) is 88.2 cm³/mol. The number of pyridine rings is 1. The van der Waals surface area contributed by atoms with Gasteiger partial charge in [0, 0.05) is 45.8 Å². The Morgan fingerprint density at radius 1 is 1.43 bits per heavy atom. The van der Waals surface area contributed by atoms with Crippen molar-refractivity contribution in [3.8, 4) is 0 Å². The van der Waals surface area contributed by atoms with Crippen LogP contribution in [0.5, 0.6) is 0 Å². The average Bonchev–Trinajstić information content (AvgIpc) is 3.02. The van der Waals surface area contributed by atoms with Crippen LogP contribution in [0.25, 0.3) is 0 Å². The lowest BCUT2D eigenvalue weighted by Crippen LogP contribution is -2.34. The maximum Gasteiger partial charge on any atom is 0.323 e. The van der Waals surface area contributed by atoms with Crippen LogP contribution < -0.4 is 5.32 Å². The zero-order valence-electron chi connectivity index (χ0n) is 13.8. The van der Waals surface area contributed by atoms with Gasteiger partial charge in [-0.2, -0.15) is 5.10 Å². The summed E-state index contributed by atoms with van der Waals surface area (Å²) in [6.07, 6.45) is 4.44. The van der Waals surface area contributed by atoms with Crippen molar-refractivity contribution in [3.63, 3.8) is 0 Å². The van der Waals surface area contributed by atoms with Gasteiger partial charge in [0.05, 0.1) is 11.7 Å². The fourth-order valence-electron chi connectivity index (χ4n) is 2.12. The Hall–Kier alpha value is -2.41. The number of amides is 2. The Balaban J connectivity index is 1.91. The average molecular weight is 317 g/mol. The summed E-state index contributed by atoms with van der Waals surface area (Å²) in [7, 11) is 3.41. The smallest absolute Gasteiger partial charge is 0.323 e. The molecule has 124 valence electrons. The van der Waals surface area contributed by atoms with Crippen molar-refractivity contribution in [2.24, 2.45) is 0 Å². The van der Waals surface area contributed by atoms with Crippen molar-refractivity contribution < 1.29 is 9.53 Å². The first kappa shape index (κ1) is 17.0. The van der Waals surface area contributed by atoms with Gasteiger partial charge in [0.2, 0.25) is 0 Å². The van der Waals surface area contributed by atoms with Gasteiger partial charge in [-0.05, 0) is 25.5 Å². The Kier molecular flexibility index (Phi) is 6.10. The fourth-order valence-corrected chi connectivity index (χ4v) is 2.12. The molecule has 0 unspecified atom stereocenters. The molecule has 2 aromatic rings. The van der Waals surface area contributed by atoms with Gasteiger partial charge in [-0.25, -0.2) is 4.79 Å². The van der Waals surface area contributed by atoms with E-state index in [4.69, 9.17) is 4.74 Å². The zero-order chi connectivity index (χ0) is 16.7. The van der Waals surface area contributed by atoms with Crippen molar-refractivity contribution in [1.29, 1.82) is 0 Å². The molecular weight excluding hydrogens is 294 g/mol. The summed E-state index contributed by atoms with van der Waals surface area (Å²) in [4.78, 5) is 18.2. The highest BCUT2D eigenvalue weighted by Crippen LogP contribution is 2.17. The molecule has 2 heterocycles. The van der Waals surface area contributed by atoms with Gasteiger partial charge in [0.15, 0.2) is 5.82 Å². The van der Waals surface area contributed by atoms with Crippen LogP contribution in [0, 0.1) is 0 Å². The second kappa shape index (κ2) is 8.28. The number of nitrogens with zero attached hydrogens (tertiary/aromatic N) is 4. The number of ether oxygens (including phenoxy) is 1. The molecule has 0 saturated heterocycles. The van der Waals surface area contributed by atoms with E-state index in [2.05, 4.69) is 15.4 Å². The molecule has 0 fully saturated rings. The highest BCUT2D eigenvalue weighted by Gasteiger charge is 2.18. The lowest BCUT2D eigenvalue weighted by Gasteiger charge is -2.24. The first-order chi connectivity index (χ1) is 11.1. The molecule has 2 rings (SSSR count). The van der Waals surface area contributed by atoms with Crippen LogP contribution in [-0.2, 0) is 11.3 Å². The third kappa shape index (κ3) is 4.79. The Morgan fingerprint density at radius 2 is 2.26 bits per heavy atom. The standard InChI is InChI=1S/C16H23N5O2/c1-13(14-7-4-5-9-17-14)20(2)16(22)18-15-8-11-21(19-15)10-6-12-23-3/h4-5,7-9,11,13H,6,10,12H2,1-3H3,(H,18,19,22)/t13-/m0/s1. The van der Waals surface area contributed by atoms with E-state index in [0.717, 1.165) is 18.7 Å². The molecule has 7 nitrogen and oxygen atoms in total. The minimum absolute atomic E-state index is 0.125. The van der Waals surface area contributed by atoms with E-state index in [0.29, 0.717) is 12.4 Å². The number of urea groups is 1. The molecule has 2 aromatic heterocycles. The maximum atomic E-state index is 12.3. The van der Waals surface area contributed by atoms with Gasteiger partial charge < -0.3 is 9.64 Å². The Labute approximate surface area is 136 Å². The van der Waals surface area contributed by atoms with E-state index in [1.807, 2.05) is 31.3 Å². The number of nitrogens with one attached hydrogen (secondary N) is 1. The molecule has 0 aromatic carbocycles. The van der Waals surface area contributed by atoms with Gasteiger partial charge in [-0.1, -0.05) is 6.07 Å². The largest absolute Gasteiger partial charge is 0.385 e. The van der Waals surface area contributed by atoms with Crippen LogP contribution in [0.15, 0.2) is 36.7 Å². The monoisotopic (exact) mass is 317 g/mol. The number of methoxy groups -OCH3 is 1. The fraction of sp³-hybridized carbons (Fsp3) is 0.438. The lowest BCUT2D eigenvalue weighted by atomic mass is 10.2. The van der Waals surface area contributed by atoms with Crippen LogP contribution >= 0.6 is 0 Å². The van der Waals surface area contributed by atoms with E-state index < -0.39 is 0 Å². The minimum Gasteiger partial charge on any atom is -0.385 e. The van der Waals surface area contributed by atoms with Gasteiger partial charge in [-0.3, -0.25) is 15.0 Å². The first-order valence-electron chi connectivity index (χ1n) is 7.59. The summed E-state index contributed by atoms with van der Waals surface area (Å²) in [5.74, 6) is 0.535. The molecule has 1 N–H and O–H groups in total. The summed E-state index contributed by atoms with van der Waals surface area (Å²) < 4.78 is 6.80. The van der Waals surface area contributed by atoms with Crippen molar-refractivity contribution in [1.82, 2.24) is 19.7 Å². The third-order valence-electron chi connectivity index (χ3n) is 3.63. The summed E-state index contributed by atoms with van der Waals surface area (Å²) in [6, 6.07) is 7.10. The van der Waals surface area contributed by atoms with Gasteiger partial charge in [0.1, 0.15) is 0 Å². The molecule has 0 bridgehead atoms. The summed E-state index contributed by atoms with van der Waals surface area (Å²) in [5.41, 5.74) is 0.843. The molecule has 2 amide bonds. The lowest BCUT2D eigenvalue weighted by molar-refractivity contribution is 0.189. The first-order valence-corrected chi connectivity index (χ1v) is 7.59. The normalized spacial score (nSPS) is 12.0. The van der Waals surface area contributed by atoms with Crippen LogP contribution in [0.4, 0.5) is 10.6 Å². The molecular formula is C16H23N5O2. The number of anilines is 1. The van der Waals surface area contributed by atoms with Crippen molar-refractivity contribution in [3.05, 3.63) is 42.4 Å². The van der Waals surface area contributed by atoms with Crippen molar-refractivity contribution in [2.75, 3.05) is 26.1 Å². The van der Waals surface area contributed by atoms with E-state index in [9.17, 15) is 4.79 Å².